The lowest BCUT2D eigenvalue weighted by Gasteiger charge is -2.37. The van der Waals surface area contributed by atoms with Crippen molar-refractivity contribution in [3.05, 3.63) is 83.9 Å². The Kier molecular flexibility index (Phi) is 6.88. The normalized spacial score (nSPS) is 25.9. The highest BCUT2D eigenvalue weighted by Crippen LogP contribution is 2.36. The molecular formula is C26H25NO7. The van der Waals surface area contributed by atoms with E-state index >= 15 is 0 Å². The zero-order chi connectivity index (χ0) is 24.1. The Morgan fingerprint density at radius 2 is 1.65 bits per heavy atom. The lowest BCUT2D eigenvalue weighted by Crippen LogP contribution is -2.53. The van der Waals surface area contributed by atoms with Gasteiger partial charge < -0.3 is 18.9 Å². The fourth-order valence-electron chi connectivity index (χ4n) is 3.99. The molecule has 2 aromatic carbocycles. The third-order valence-electron chi connectivity index (χ3n) is 5.57. The van der Waals surface area contributed by atoms with Crippen LogP contribution < -0.4 is 0 Å². The molecule has 4 rings (SSSR count). The van der Waals surface area contributed by atoms with E-state index in [1.807, 2.05) is 60.7 Å². The molecule has 0 aliphatic carbocycles. The summed E-state index contributed by atoms with van der Waals surface area (Å²) in [5, 5.41) is 0. The third kappa shape index (κ3) is 5.07. The first-order valence-corrected chi connectivity index (χ1v) is 10.9. The van der Waals surface area contributed by atoms with Crippen molar-refractivity contribution in [3.8, 4) is 0 Å². The molecule has 0 radical (unpaired) electrons. The number of aliphatic imine (C=N–C) groups is 1. The Labute approximate surface area is 197 Å². The van der Waals surface area contributed by atoms with Crippen LogP contribution in [-0.2, 0) is 39.8 Å². The minimum absolute atomic E-state index is 0.153. The molecule has 0 unspecified atom stereocenters. The van der Waals surface area contributed by atoms with Crippen molar-refractivity contribution in [1.29, 1.82) is 0 Å². The maximum atomic E-state index is 13.4. The van der Waals surface area contributed by atoms with Gasteiger partial charge in [-0.05, 0) is 23.8 Å². The van der Waals surface area contributed by atoms with Gasteiger partial charge in [-0.1, -0.05) is 54.6 Å². The number of benzene rings is 2. The molecule has 0 amide bonds. The van der Waals surface area contributed by atoms with Crippen LogP contribution in [0.5, 0.6) is 0 Å². The van der Waals surface area contributed by atoms with Crippen molar-refractivity contribution >= 4 is 23.8 Å². The minimum Gasteiger partial charge on any atom is -0.463 e. The molecule has 0 spiro atoms. The first kappa shape index (κ1) is 23.4. The molecule has 2 aromatic rings. The molecule has 0 bridgehead atoms. The van der Waals surface area contributed by atoms with Gasteiger partial charge in [0.15, 0.2) is 5.54 Å². The summed E-state index contributed by atoms with van der Waals surface area (Å²) in [6.45, 7) is 2.41. The summed E-state index contributed by atoms with van der Waals surface area (Å²) in [4.78, 5) is 41.1. The van der Waals surface area contributed by atoms with Gasteiger partial charge in [0.05, 0.1) is 0 Å². The van der Waals surface area contributed by atoms with E-state index in [1.54, 1.807) is 12.2 Å². The van der Waals surface area contributed by atoms with E-state index in [0.29, 0.717) is 5.56 Å². The summed E-state index contributed by atoms with van der Waals surface area (Å²) in [6.07, 6.45) is 1.06. The first-order chi connectivity index (χ1) is 16.4. The van der Waals surface area contributed by atoms with Gasteiger partial charge in [-0.2, -0.15) is 0 Å². The average molecular weight is 463 g/mol. The van der Waals surface area contributed by atoms with Crippen LogP contribution in [0.15, 0.2) is 77.8 Å². The highest BCUT2D eigenvalue weighted by Gasteiger charge is 2.54. The maximum absolute atomic E-state index is 13.4. The molecule has 0 saturated heterocycles. The van der Waals surface area contributed by atoms with Crippen LogP contribution in [0.3, 0.4) is 0 Å². The lowest BCUT2D eigenvalue weighted by molar-refractivity contribution is -0.170. The first-order valence-electron chi connectivity index (χ1n) is 10.9. The van der Waals surface area contributed by atoms with Gasteiger partial charge in [0.2, 0.25) is 5.90 Å². The van der Waals surface area contributed by atoms with E-state index in [1.165, 1.54) is 13.8 Å². The predicted octanol–water partition coefficient (Wildman–Crippen LogP) is 2.79. The zero-order valence-corrected chi connectivity index (χ0v) is 18.9. The highest BCUT2D eigenvalue weighted by atomic mass is 16.6. The maximum Gasteiger partial charge on any atom is 0.344 e. The summed E-state index contributed by atoms with van der Waals surface area (Å²) in [7, 11) is 0. The van der Waals surface area contributed by atoms with Crippen molar-refractivity contribution < 1.29 is 33.3 Å². The van der Waals surface area contributed by atoms with Crippen LogP contribution in [0.25, 0.3) is 0 Å². The van der Waals surface area contributed by atoms with E-state index in [-0.39, 0.29) is 18.9 Å². The quantitative estimate of drug-likeness (QED) is 0.354. The van der Waals surface area contributed by atoms with E-state index < -0.39 is 41.8 Å². The fourth-order valence-corrected chi connectivity index (χ4v) is 3.99. The number of rotatable bonds is 7. The van der Waals surface area contributed by atoms with Crippen LogP contribution >= 0.6 is 0 Å². The third-order valence-corrected chi connectivity index (χ3v) is 5.57. The van der Waals surface area contributed by atoms with Crippen molar-refractivity contribution in [2.75, 3.05) is 6.61 Å². The van der Waals surface area contributed by atoms with Crippen LogP contribution in [0.1, 0.15) is 25.0 Å². The van der Waals surface area contributed by atoms with E-state index in [0.717, 1.165) is 5.56 Å². The second-order valence-electron chi connectivity index (χ2n) is 8.12. The topological polar surface area (TPSA) is 100 Å². The standard InChI is InChI=1S/C26H25NO7/c1-17(28)31-16-22-21(32-18(2)29)13-14-23(33-22)26(15-19-9-5-3-6-10-19)25(30)34-24(27-26)20-11-7-4-8-12-20/h3-14,21-23H,15-16H2,1-2H3/t21-,22+,23-,26-/m0/s1. The Morgan fingerprint density at radius 3 is 2.29 bits per heavy atom. The Morgan fingerprint density at radius 1 is 0.971 bits per heavy atom. The second-order valence-corrected chi connectivity index (χ2v) is 8.12. The SMILES string of the molecule is CC(=O)OC[C@H]1O[C@H]([C@]2(Cc3ccccc3)N=C(c3ccccc3)OC2=O)C=C[C@@H]1OC(C)=O. The van der Waals surface area contributed by atoms with Crippen LogP contribution in [-0.4, -0.2) is 54.3 Å². The summed E-state index contributed by atoms with van der Waals surface area (Å²) >= 11 is 0. The number of esters is 3. The van der Waals surface area contributed by atoms with Gasteiger partial charge in [0.25, 0.3) is 0 Å². The largest absolute Gasteiger partial charge is 0.463 e. The van der Waals surface area contributed by atoms with Gasteiger partial charge in [-0.25, -0.2) is 9.79 Å². The number of carbonyl (C=O) groups is 3. The number of carbonyl (C=O) groups excluding carboxylic acids is 3. The molecule has 0 aromatic heterocycles. The molecule has 34 heavy (non-hydrogen) atoms. The van der Waals surface area contributed by atoms with Crippen molar-refractivity contribution in [1.82, 2.24) is 0 Å². The van der Waals surface area contributed by atoms with Crippen molar-refractivity contribution in [2.45, 2.75) is 44.1 Å². The number of nitrogens with zero attached hydrogens (tertiary/aromatic N) is 1. The van der Waals surface area contributed by atoms with Crippen LogP contribution in [0, 0.1) is 0 Å². The number of hydrogen-bond acceptors (Lipinski definition) is 8. The van der Waals surface area contributed by atoms with Gasteiger partial charge in [-0.15, -0.1) is 0 Å². The number of ether oxygens (including phenoxy) is 4. The minimum atomic E-state index is -1.42. The fraction of sp³-hybridized carbons (Fsp3) is 0.308. The van der Waals surface area contributed by atoms with E-state index in [2.05, 4.69) is 0 Å². The van der Waals surface area contributed by atoms with Crippen molar-refractivity contribution in [2.24, 2.45) is 4.99 Å². The Balaban J connectivity index is 1.73. The molecule has 8 nitrogen and oxygen atoms in total. The molecule has 8 heteroatoms. The highest BCUT2D eigenvalue weighted by molar-refractivity contribution is 6.08. The summed E-state index contributed by atoms with van der Waals surface area (Å²) in [5.74, 6) is -1.35. The average Bonchev–Trinajstić information content (AvgIpc) is 3.16. The van der Waals surface area contributed by atoms with E-state index in [9.17, 15) is 14.4 Å². The van der Waals surface area contributed by atoms with Crippen molar-refractivity contribution in [3.63, 3.8) is 0 Å². The summed E-state index contributed by atoms with van der Waals surface area (Å²) in [6, 6.07) is 18.6. The monoisotopic (exact) mass is 463 g/mol. The van der Waals surface area contributed by atoms with Gasteiger partial charge >= 0.3 is 17.9 Å². The second kappa shape index (κ2) is 10.0. The van der Waals surface area contributed by atoms with E-state index in [4.69, 9.17) is 23.9 Å². The molecule has 2 heterocycles. The Bertz CT molecular complexity index is 1110. The summed E-state index contributed by atoms with van der Waals surface area (Å²) in [5.41, 5.74) is 0.117. The summed E-state index contributed by atoms with van der Waals surface area (Å²) < 4.78 is 22.3. The molecule has 4 atom stereocenters. The predicted molar refractivity (Wildman–Crippen MR) is 122 cm³/mol. The Hall–Kier alpha value is -3.78. The van der Waals surface area contributed by atoms with Crippen LogP contribution in [0.2, 0.25) is 0 Å². The van der Waals surface area contributed by atoms with Gasteiger partial charge in [-0.3, -0.25) is 9.59 Å². The zero-order valence-electron chi connectivity index (χ0n) is 18.9. The molecular weight excluding hydrogens is 438 g/mol. The van der Waals surface area contributed by atoms with Gasteiger partial charge in [0, 0.05) is 25.8 Å². The molecule has 0 N–H and O–H groups in total. The lowest BCUT2D eigenvalue weighted by atomic mass is 9.84. The van der Waals surface area contributed by atoms with Gasteiger partial charge in [0.1, 0.15) is 24.9 Å². The number of hydrogen-bond donors (Lipinski definition) is 0. The molecule has 0 fully saturated rings. The molecule has 2 aliphatic heterocycles. The molecule has 176 valence electrons. The smallest absolute Gasteiger partial charge is 0.344 e. The molecule has 0 saturated carbocycles. The molecule has 2 aliphatic rings. The number of cyclic esters (lactones) is 1. The van der Waals surface area contributed by atoms with Crippen LogP contribution in [0.4, 0.5) is 0 Å².